The van der Waals surface area contributed by atoms with Crippen molar-refractivity contribution in [2.75, 3.05) is 10.6 Å². The molecular formula is C17H13Cl2N5O2. The molecule has 1 aromatic heterocycles. The number of rotatable bonds is 5. The highest BCUT2D eigenvalue weighted by Gasteiger charge is 2.23. The number of hydrogen-bond acceptors (Lipinski definition) is 6. The molecule has 0 unspecified atom stereocenters. The van der Waals surface area contributed by atoms with Gasteiger partial charge in [0, 0.05) is 0 Å². The maximum atomic E-state index is 11.5. The number of nitrogens with one attached hydrogen (secondary N) is 2. The van der Waals surface area contributed by atoms with Crippen LogP contribution in [-0.4, -0.2) is 14.9 Å². The van der Waals surface area contributed by atoms with Gasteiger partial charge < -0.3 is 10.6 Å². The molecule has 9 heteroatoms. The molecule has 2 aromatic carbocycles. The van der Waals surface area contributed by atoms with Crippen molar-refractivity contribution in [3.05, 3.63) is 74.4 Å². The van der Waals surface area contributed by atoms with Gasteiger partial charge in [0.05, 0.1) is 26.3 Å². The van der Waals surface area contributed by atoms with E-state index in [0.717, 1.165) is 0 Å². The third kappa shape index (κ3) is 3.84. The largest absolute Gasteiger partial charge is 0.333 e. The summed E-state index contributed by atoms with van der Waals surface area (Å²) in [6, 6.07) is 14.0. The van der Waals surface area contributed by atoms with Crippen molar-refractivity contribution >= 4 is 52.0 Å². The number of para-hydroxylation sites is 2. The van der Waals surface area contributed by atoms with E-state index < -0.39 is 4.92 Å². The molecule has 0 radical (unpaired) electrons. The van der Waals surface area contributed by atoms with Crippen LogP contribution in [0.15, 0.2) is 48.5 Å². The zero-order valence-corrected chi connectivity index (χ0v) is 15.0. The molecule has 0 aliphatic rings. The predicted octanol–water partition coefficient (Wildman–Crippen LogP) is 5.49. The molecule has 0 fully saturated rings. The molecule has 0 aliphatic carbocycles. The van der Waals surface area contributed by atoms with Gasteiger partial charge in [-0.3, -0.25) is 10.1 Å². The molecule has 2 N–H and O–H groups in total. The monoisotopic (exact) mass is 389 g/mol. The quantitative estimate of drug-likeness (QED) is 0.442. The van der Waals surface area contributed by atoms with Crippen molar-refractivity contribution in [1.29, 1.82) is 0 Å². The van der Waals surface area contributed by atoms with E-state index in [0.29, 0.717) is 21.4 Å². The lowest BCUT2D eigenvalue weighted by Gasteiger charge is -2.12. The Morgan fingerprint density at radius 3 is 2.00 bits per heavy atom. The van der Waals surface area contributed by atoms with E-state index in [-0.39, 0.29) is 23.1 Å². The summed E-state index contributed by atoms with van der Waals surface area (Å²) in [4.78, 5) is 19.3. The van der Waals surface area contributed by atoms with Crippen LogP contribution in [0.4, 0.5) is 28.8 Å². The van der Waals surface area contributed by atoms with Gasteiger partial charge in [-0.05, 0) is 31.2 Å². The zero-order valence-electron chi connectivity index (χ0n) is 13.5. The second-order valence-electron chi connectivity index (χ2n) is 5.30. The predicted molar refractivity (Wildman–Crippen MR) is 103 cm³/mol. The summed E-state index contributed by atoms with van der Waals surface area (Å²) in [6.45, 7) is 1.54. The third-order valence-electron chi connectivity index (χ3n) is 3.49. The highest BCUT2D eigenvalue weighted by Crippen LogP contribution is 2.33. The lowest BCUT2D eigenvalue weighted by Crippen LogP contribution is -2.07. The van der Waals surface area contributed by atoms with Crippen LogP contribution in [-0.2, 0) is 0 Å². The average molecular weight is 390 g/mol. The van der Waals surface area contributed by atoms with Crippen molar-refractivity contribution in [3.63, 3.8) is 0 Å². The summed E-state index contributed by atoms with van der Waals surface area (Å²) in [5.74, 6) is 0.209. The van der Waals surface area contributed by atoms with Crippen LogP contribution in [0.3, 0.4) is 0 Å². The zero-order chi connectivity index (χ0) is 18.7. The van der Waals surface area contributed by atoms with Gasteiger partial charge in [-0.1, -0.05) is 47.5 Å². The van der Waals surface area contributed by atoms with Gasteiger partial charge in [0.2, 0.25) is 11.8 Å². The number of aryl methyl sites for hydroxylation is 1. The number of nitro groups is 1. The molecule has 0 amide bonds. The lowest BCUT2D eigenvalue weighted by atomic mass is 10.3. The standard InChI is InChI=1S/C17H13Cl2N5O2/c1-10-15(24(25)26)16(21-13-8-4-2-6-11(13)18)23-17(20-10)22-14-9-5-3-7-12(14)19/h2-9H,1H3,(H2,20,21,22,23). The molecule has 3 aromatic rings. The summed E-state index contributed by atoms with van der Waals surface area (Å²) in [6.07, 6.45) is 0. The number of anilines is 4. The smallest absolute Gasteiger partial charge is 0.332 e. The highest BCUT2D eigenvalue weighted by atomic mass is 35.5. The van der Waals surface area contributed by atoms with Crippen LogP contribution in [0.5, 0.6) is 0 Å². The first-order chi connectivity index (χ1) is 12.5. The van der Waals surface area contributed by atoms with Crippen molar-refractivity contribution in [2.45, 2.75) is 6.92 Å². The van der Waals surface area contributed by atoms with Crippen LogP contribution in [0, 0.1) is 17.0 Å². The minimum Gasteiger partial charge on any atom is -0.333 e. The summed E-state index contributed by atoms with van der Waals surface area (Å²) in [7, 11) is 0. The Morgan fingerprint density at radius 2 is 1.46 bits per heavy atom. The van der Waals surface area contributed by atoms with Gasteiger partial charge in [-0.15, -0.1) is 0 Å². The molecule has 0 bridgehead atoms. The van der Waals surface area contributed by atoms with E-state index >= 15 is 0 Å². The SMILES string of the molecule is Cc1nc(Nc2ccccc2Cl)nc(Nc2ccccc2Cl)c1[N+](=O)[O-]. The average Bonchev–Trinajstić information content (AvgIpc) is 2.58. The van der Waals surface area contributed by atoms with Crippen LogP contribution in [0.2, 0.25) is 10.0 Å². The number of aromatic nitrogens is 2. The maximum Gasteiger partial charge on any atom is 0.332 e. The van der Waals surface area contributed by atoms with E-state index in [2.05, 4.69) is 20.6 Å². The fourth-order valence-corrected chi connectivity index (χ4v) is 2.67. The number of hydrogen-bond donors (Lipinski definition) is 2. The topological polar surface area (TPSA) is 93.0 Å². The fourth-order valence-electron chi connectivity index (χ4n) is 2.30. The van der Waals surface area contributed by atoms with Gasteiger partial charge in [0.1, 0.15) is 5.69 Å². The summed E-state index contributed by atoms with van der Waals surface area (Å²) >= 11 is 12.3. The summed E-state index contributed by atoms with van der Waals surface area (Å²) < 4.78 is 0. The number of halogens is 2. The van der Waals surface area contributed by atoms with Crippen LogP contribution in [0.25, 0.3) is 0 Å². The Bertz CT molecular complexity index is 981. The normalized spacial score (nSPS) is 10.4. The first kappa shape index (κ1) is 17.9. The Kier molecular flexibility index (Phi) is 5.20. The van der Waals surface area contributed by atoms with Crippen molar-refractivity contribution in [1.82, 2.24) is 9.97 Å². The second kappa shape index (κ2) is 7.55. The maximum absolute atomic E-state index is 11.5. The Hall–Kier alpha value is -2.90. The lowest BCUT2D eigenvalue weighted by molar-refractivity contribution is -0.385. The molecule has 132 valence electrons. The van der Waals surface area contributed by atoms with Gasteiger partial charge in [-0.25, -0.2) is 4.98 Å². The van der Waals surface area contributed by atoms with Crippen LogP contribution < -0.4 is 10.6 Å². The minimum atomic E-state index is -0.534. The van der Waals surface area contributed by atoms with Crippen molar-refractivity contribution in [2.24, 2.45) is 0 Å². The van der Waals surface area contributed by atoms with E-state index in [1.807, 2.05) is 0 Å². The number of nitrogens with zero attached hydrogens (tertiary/aromatic N) is 3. The minimum absolute atomic E-state index is 0.0325. The molecule has 7 nitrogen and oxygen atoms in total. The van der Waals surface area contributed by atoms with Crippen molar-refractivity contribution in [3.8, 4) is 0 Å². The van der Waals surface area contributed by atoms with E-state index in [1.165, 1.54) is 6.92 Å². The van der Waals surface area contributed by atoms with E-state index in [4.69, 9.17) is 23.2 Å². The first-order valence-electron chi connectivity index (χ1n) is 7.52. The molecule has 26 heavy (non-hydrogen) atoms. The third-order valence-corrected chi connectivity index (χ3v) is 4.15. The van der Waals surface area contributed by atoms with Gasteiger partial charge in [0.15, 0.2) is 0 Å². The van der Waals surface area contributed by atoms with Crippen LogP contribution >= 0.6 is 23.2 Å². The van der Waals surface area contributed by atoms with Gasteiger partial charge in [0.25, 0.3) is 0 Å². The molecule has 0 spiro atoms. The summed E-state index contributed by atoms with van der Waals surface area (Å²) in [5.41, 5.74) is 1.06. The van der Waals surface area contributed by atoms with Crippen molar-refractivity contribution < 1.29 is 4.92 Å². The summed E-state index contributed by atoms with van der Waals surface area (Å²) in [5, 5.41) is 18.2. The highest BCUT2D eigenvalue weighted by molar-refractivity contribution is 6.33. The molecule has 0 atom stereocenters. The molecular weight excluding hydrogens is 377 g/mol. The Labute approximate surface area is 159 Å². The fraction of sp³-hybridized carbons (Fsp3) is 0.0588. The van der Waals surface area contributed by atoms with E-state index in [1.54, 1.807) is 48.5 Å². The Morgan fingerprint density at radius 1 is 0.923 bits per heavy atom. The molecule has 0 saturated heterocycles. The first-order valence-corrected chi connectivity index (χ1v) is 8.27. The van der Waals surface area contributed by atoms with Gasteiger partial charge >= 0.3 is 5.69 Å². The Balaban J connectivity index is 2.03. The molecule has 1 heterocycles. The van der Waals surface area contributed by atoms with Gasteiger partial charge in [-0.2, -0.15) is 4.98 Å². The van der Waals surface area contributed by atoms with Crippen LogP contribution in [0.1, 0.15) is 5.69 Å². The van der Waals surface area contributed by atoms with E-state index in [9.17, 15) is 10.1 Å². The molecule has 3 rings (SSSR count). The number of benzene rings is 2. The second-order valence-corrected chi connectivity index (χ2v) is 6.11. The molecule has 0 aliphatic heterocycles. The molecule has 0 saturated carbocycles.